The first kappa shape index (κ1) is 26.3. The Morgan fingerprint density at radius 2 is 1.61 bits per heavy atom. The Morgan fingerprint density at radius 1 is 1.17 bits per heavy atom. The van der Waals surface area contributed by atoms with Gasteiger partial charge in [-0.3, -0.25) is 0 Å². The summed E-state index contributed by atoms with van der Waals surface area (Å²) in [5.74, 6) is -0.224. The molecule has 0 radical (unpaired) electrons. The molecule has 5 nitrogen and oxygen atoms in total. The van der Waals surface area contributed by atoms with Gasteiger partial charge in [-0.1, -0.05) is 13.8 Å². The van der Waals surface area contributed by atoms with E-state index < -0.39 is 0 Å². The maximum absolute atomic E-state index is 8.68. The van der Waals surface area contributed by atoms with Crippen LogP contribution in [0, 0.1) is 0 Å². The van der Waals surface area contributed by atoms with Crippen molar-refractivity contribution in [2.24, 2.45) is 0 Å². The molecule has 0 aliphatic carbocycles. The van der Waals surface area contributed by atoms with E-state index in [1.807, 2.05) is 0 Å². The van der Waals surface area contributed by atoms with Crippen LogP contribution in [0.1, 0.15) is 40.5 Å². The molecule has 0 atom stereocenters. The minimum atomic E-state index is -0.252. The molecule has 108 valence electrons. The fourth-order valence-corrected chi connectivity index (χ4v) is 0.759. The van der Waals surface area contributed by atoms with Crippen LogP contribution in [-0.2, 0) is 31.2 Å². The van der Waals surface area contributed by atoms with Gasteiger partial charge in [0.05, 0.1) is 0 Å². The summed E-state index contributed by atoms with van der Waals surface area (Å²) in [5.41, 5.74) is 0. The molecule has 6 heteroatoms. The zero-order valence-electron chi connectivity index (χ0n) is 11.8. The quantitative estimate of drug-likeness (QED) is 0.203. The van der Waals surface area contributed by atoms with E-state index in [0.29, 0.717) is 6.61 Å². The summed E-state index contributed by atoms with van der Waals surface area (Å²) < 4.78 is 9.72. The Balaban J connectivity index is -0.000000100. The van der Waals surface area contributed by atoms with Gasteiger partial charge in [-0.05, 0) is 26.7 Å². The van der Waals surface area contributed by atoms with Crippen LogP contribution in [-0.4, -0.2) is 41.2 Å². The number of carbonyl (C=O) groups excluding carboxylic acids is 1. The summed E-state index contributed by atoms with van der Waals surface area (Å²) in [6.07, 6.45) is 3.42. The topological polar surface area (TPSA) is 91.6 Å². The van der Waals surface area contributed by atoms with Gasteiger partial charge in [0.25, 0.3) is 0 Å². The molecule has 0 aromatic heterocycles. The number of hydrogen-bond donors (Lipinski definition) is 1. The van der Waals surface area contributed by atoms with Gasteiger partial charge in [-0.2, -0.15) is 0 Å². The molecule has 0 saturated heterocycles. The van der Waals surface area contributed by atoms with Gasteiger partial charge in [-0.25, -0.2) is 0 Å². The average molecular weight is 299 g/mol. The Labute approximate surface area is 125 Å². The monoisotopic (exact) mass is 299 g/mol. The third-order valence-corrected chi connectivity index (χ3v) is 1.32. The average Bonchev–Trinajstić information content (AvgIpc) is 2.18. The van der Waals surface area contributed by atoms with Crippen molar-refractivity contribution in [2.75, 3.05) is 19.8 Å². The molecular weight excluding hydrogens is 272 g/mol. The fraction of sp³-hybridized carbons (Fsp3) is 0.750. The zero-order valence-corrected chi connectivity index (χ0v) is 13.4. The summed E-state index contributed by atoms with van der Waals surface area (Å²) in [5, 5.41) is 8.55. The van der Waals surface area contributed by atoms with Gasteiger partial charge in [0, 0.05) is 34.9 Å². The Kier molecular flexibility index (Phi) is 31.9. The van der Waals surface area contributed by atoms with Crippen molar-refractivity contribution in [3.05, 3.63) is 11.8 Å². The molecule has 0 aromatic rings. The van der Waals surface area contributed by atoms with Gasteiger partial charge < -0.3 is 24.9 Å². The van der Waals surface area contributed by atoms with Gasteiger partial charge in [-0.15, -0.1) is 0 Å². The van der Waals surface area contributed by atoms with Gasteiger partial charge in [0.1, 0.15) is 11.8 Å². The van der Waals surface area contributed by atoms with Crippen molar-refractivity contribution >= 4 is 5.97 Å². The smallest absolute Gasteiger partial charge is 0.512 e. The number of aliphatic hydroxyl groups is 1. The minimum absolute atomic E-state index is 0. The zero-order chi connectivity index (χ0) is 12.8. The summed E-state index contributed by atoms with van der Waals surface area (Å²) >= 11 is 0. The standard InChI is InChI=1S/C6H10O3.C6H14O.H2O.Ti/c1-3-9-6(8)4-5(2)7;1-3-5-7-6-4-2;;/h4,7H,3H2,1-2H3;3-6H2,1-2H3;1H2;/p+1. The first-order valence-electron chi connectivity index (χ1n) is 5.72. The molecule has 0 unspecified atom stereocenters. The van der Waals surface area contributed by atoms with E-state index in [-0.39, 0.29) is 38.9 Å². The van der Waals surface area contributed by atoms with E-state index in [2.05, 4.69) is 18.6 Å². The second-order valence-electron chi connectivity index (χ2n) is 3.17. The number of esters is 1. The minimum Gasteiger partial charge on any atom is -0.512 e. The van der Waals surface area contributed by atoms with Crippen molar-refractivity contribution in [1.29, 1.82) is 0 Å². The maximum atomic E-state index is 8.68. The molecule has 4 N–H and O–H groups in total. The molecule has 0 aliphatic rings. The molecule has 0 spiro atoms. The summed E-state index contributed by atoms with van der Waals surface area (Å²) in [4.78, 5) is 8.68. The van der Waals surface area contributed by atoms with Crippen LogP contribution in [0.15, 0.2) is 11.8 Å². The molecule has 0 bridgehead atoms. The number of hydrogen-bond acceptors (Lipinski definition) is 3. The SMILES string of the molecule is CCCOCCC.CCOC(=[OH+])C=C(C)O.O.[Ti]. The van der Waals surface area contributed by atoms with Gasteiger partial charge in [0.2, 0.25) is 0 Å². The normalized spacial score (nSPS) is 9.22. The number of rotatable bonds is 6. The van der Waals surface area contributed by atoms with Crippen LogP contribution in [0.25, 0.3) is 0 Å². The summed E-state index contributed by atoms with van der Waals surface area (Å²) in [6, 6.07) is 0. The molecule has 0 saturated carbocycles. The molecule has 0 heterocycles. The second-order valence-corrected chi connectivity index (χ2v) is 3.17. The van der Waals surface area contributed by atoms with Crippen molar-refractivity contribution in [1.82, 2.24) is 0 Å². The van der Waals surface area contributed by atoms with Crippen LogP contribution >= 0.6 is 0 Å². The molecule has 0 aliphatic heterocycles. The third-order valence-electron chi connectivity index (χ3n) is 1.32. The van der Waals surface area contributed by atoms with Crippen molar-refractivity contribution in [3.8, 4) is 0 Å². The van der Waals surface area contributed by atoms with Crippen LogP contribution in [0.5, 0.6) is 0 Å². The van der Waals surface area contributed by atoms with E-state index in [1.165, 1.54) is 6.92 Å². The van der Waals surface area contributed by atoms with Gasteiger partial charge >= 0.3 is 5.97 Å². The molecule has 0 fully saturated rings. The van der Waals surface area contributed by atoms with Crippen LogP contribution in [0.2, 0.25) is 0 Å². The number of allylic oxidation sites excluding steroid dienone is 1. The Hall–Kier alpha value is -0.356. The fourth-order valence-electron chi connectivity index (χ4n) is 0.759. The van der Waals surface area contributed by atoms with Crippen molar-refractivity contribution in [2.45, 2.75) is 40.5 Å². The first-order chi connectivity index (χ1) is 7.58. The van der Waals surface area contributed by atoms with Gasteiger partial charge in [0.15, 0.2) is 6.61 Å². The van der Waals surface area contributed by atoms with Crippen LogP contribution in [0.3, 0.4) is 0 Å². The third kappa shape index (κ3) is 29.6. The second kappa shape index (κ2) is 21.9. The Morgan fingerprint density at radius 3 is 1.89 bits per heavy atom. The molecule has 0 rings (SSSR count). The summed E-state index contributed by atoms with van der Waals surface area (Å²) in [7, 11) is 0. The molecular formula is C12H27O5Ti+. The molecule has 0 amide bonds. The molecule has 0 aromatic carbocycles. The van der Waals surface area contributed by atoms with E-state index in [4.69, 9.17) is 14.6 Å². The van der Waals surface area contributed by atoms with E-state index in [0.717, 1.165) is 32.1 Å². The number of aliphatic hydroxyl groups excluding tert-OH is 1. The van der Waals surface area contributed by atoms with E-state index >= 15 is 0 Å². The first-order valence-corrected chi connectivity index (χ1v) is 5.72. The number of ether oxygens (including phenoxy) is 2. The van der Waals surface area contributed by atoms with Crippen LogP contribution in [0.4, 0.5) is 0 Å². The summed E-state index contributed by atoms with van der Waals surface area (Å²) in [6.45, 7) is 9.69. The van der Waals surface area contributed by atoms with E-state index in [9.17, 15) is 0 Å². The predicted octanol–water partition coefficient (Wildman–Crippen LogP) is 1.98. The largest absolute Gasteiger partial charge is 0.513 e. The predicted molar refractivity (Wildman–Crippen MR) is 70.0 cm³/mol. The van der Waals surface area contributed by atoms with Crippen molar-refractivity contribution < 1.29 is 46.6 Å². The Bertz CT molecular complexity index is 187. The van der Waals surface area contributed by atoms with Crippen LogP contribution < -0.4 is 0 Å². The maximum Gasteiger partial charge on any atom is 0.513 e. The van der Waals surface area contributed by atoms with E-state index in [1.54, 1.807) is 6.92 Å². The molecule has 18 heavy (non-hydrogen) atoms. The van der Waals surface area contributed by atoms with Crippen molar-refractivity contribution in [3.63, 3.8) is 0 Å².